The third-order valence-electron chi connectivity index (χ3n) is 3.80. The zero-order chi connectivity index (χ0) is 21.3. The van der Waals surface area contributed by atoms with Gasteiger partial charge in [0.25, 0.3) is 11.8 Å². The topological polar surface area (TPSA) is 102 Å². The summed E-state index contributed by atoms with van der Waals surface area (Å²) in [4.78, 5) is 28.3. The van der Waals surface area contributed by atoms with Gasteiger partial charge in [-0.2, -0.15) is 0 Å². The minimum atomic E-state index is -0.515. The number of halogens is 1. The van der Waals surface area contributed by atoms with Crippen LogP contribution < -0.4 is 25.6 Å². The van der Waals surface area contributed by atoms with Gasteiger partial charge in [0.1, 0.15) is 28.8 Å². The van der Waals surface area contributed by atoms with Crippen molar-refractivity contribution in [2.24, 2.45) is 0 Å². The molecule has 2 aromatic carbocycles. The molecule has 0 aliphatic carbocycles. The Bertz CT molecular complexity index is 1010. The number of hydrogen-bond donors (Lipinski definition) is 3. The van der Waals surface area contributed by atoms with Crippen molar-refractivity contribution in [3.05, 3.63) is 69.6 Å². The third-order valence-corrected chi connectivity index (χ3v) is 4.87. The van der Waals surface area contributed by atoms with Crippen molar-refractivity contribution in [2.75, 3.05) is 19.0 Å². The minimum Gasteiger partial charge on any atom is -0.497 e. The Hall–Kier alpha value is -3.30. The Balaban J connectivity index is 1.42. The predicted molar refractivity (Wildman–Crippen MR) is 115 cm³/mol. The van der Waals surface area contributed by atoms with Gasteiger partial charge in [-0.3, -0.25) is 20.4 Å². The molecule has 0 fully saturated rings. The fourth-order valence-electron chi connectivity index (χ4n) is 2.31. The fourth-order valence-corrected chi connectivity index (χ4v) is 3.12. The molecule has 0 unspecified atom stereocenters. The molecule has 0 bridgehead atoms. The number of hydrogen-bond acceptors (Lipinski definition) is 7. The molecule has 0 atom stereocenters. The Morgan fingerprint density at radius 2 is 1.90 bits per heavy atom. The van der Waals surface area contributed by atoms with Crippen LogP contribution in [-0.4, -0.2) is 30.5 Å². The number of aromatic nitrogens is 1. The van der Waals surface area contributed by atoms with Gasteiger partial charge in [0.15, 0.2) is 0 Å². The van der Waals surface area contributed by atoms with Crippen molar-refractivity contribution in [1.82, 2.24) is 15.8 Å². The van der Waals surface area contributed by atoms with E-state index in [-0.39, 0.29) is 18.8 Å². The van der Waals surface area contributed by atoms with Crippen LogP contribution in [0.1, 0.15) is 15.5 Å². The molecule has 0 spiro atoms. The number of amides is 2. The summed E-state index contributed by atoms with van der Waals surface area (Å²) < 4.78 is 10.7. The normalized spacial score (nSPS) is 10.2. The lowest BCUT2D eigenvalue weighted by atomic mass is 10.3. The number of anilines is 1. The van der Waals surface area contributed by atoms with Gasteiger partial charge < -0.3 is 14.8 Å². The van der Waals surface area contributed by atoms with Gasteiger partial charge >= 0.3 is 0 Å². The third kappa shape index (κ3) is 6.36. The van der Waals surface area contributed by atoms with Crippen LogP contribution in [0.15, 0.2) is 53.9 Å². The van der Waals surface area contributed by atoms with Gasteiger partial charge in [-0.25, -0.2) is 4.98 Å². The molecular formula is C20H19ClN4O4S. The summed E-state index contributed by atoms with van der Waals surface area (Å²) in [5.74, 6) is 0.399. The molecule has 2 amide bonds. The first-order chi connectivity index (χ1) is 14.5. The van der Waals surface area contributed by atoms with Crippen LogP contribution in [0.4, 0.5) is 5.69 Å². The second-order valence-corrected chi connectivity index (χ2v) is 7.34. The molecule has 8 nitrogen and oxygen atoms in total. The number of nitrogens with zero attached hydrogens (tertiary/aromatic N) is 1. The number of rotatable bonds is 8. The van der Waals surface area contributed by atoms with Gasteiger partial charge in [0.05, 0.1) is 13.7 Å². The summed E-state index contributed by atoms with van der Waals surface area (Å²) >= 11 is 7.12. The maximum atomic E-state index is 12.2. The highest BCUT2D eigenvalue weighted by Gasteiger charge is 2.12. The molecule has 10 heteroatoms. The monoisotopic (exact) mass is 446 g/mol. The molecule has 0 radical (unpaired) electrons. The van der Waals surface area contributed by atoms with Crippen LogP contribution in [0.5, 0.6) is 11.5 Å². The lowest BCUT2D eigenvalue weighted by molar-refractivity contribution is -0.120. The fraction of sp³-hybridized carbons (Fsp3) is 0.150. The molecule has 3 rings (SSSR count). The lowest BCUT2D eigenvalue weighted by Crippen LogP contribution is -2.44. The van der Waals surface area contributed by atoms with Crippen molar-refractivity contribution in [3.63, 3.8) is 0 Å². The van der Waals surface area contributed by atoms with E-state index in [9.17, 15) is 9.59 Å². The summed E-state index contributed by atoms with van der Waals surface area (Å²) in [5, 5.41) is 5.78. The van der Waals surface area contributed by atoms with E-state index >= 15 is 0 Å². The number of nitrogens with one attached hydrogen (secondary N) is 3. The number of ether oxygens (including phenoxy) is 2. The first-order valence-corrected chi connectivity index (χ1v) is 10.1. The molecule has 3 aromatic rings. The second-order valence-electron chi connectivity index (χ2n) is 5.96. The van der Waals surface area contributed by atoms with Gasteiger partial charge in [-0.15, -0.1) is 11.3 Å². The highest BCUT2D eigenvalue weighted by molar-refractivity contribution is 7.09. The largest absolute Gasteiger partial charge is 0.497 e. The van der Waals surface area contributed by atoms with Gasteiger partial charge in [-0.05, 0) is 36.4 Å². The summed E-state index contributed by atoms with van der Waals surface area (Å²) in [6, 6.07) is 14.1. The number of carbonyl (C=O) groups is 2. The van der Waals surface area contributed by atoms with Crippen molar-refractivity contribution in [3.8, 4) is 11.5 Å². The van der Waals surface area contributed by atoms with Crippen molar-refractivity contribution in [1.29, 1.82) is 0 Å². The van der Waals surface area contributed by atoms with E-state index in [4.69, 9.17) is 21.1 Å². The lowest BCUT2D eigenvalue weighted by Gasteiger charge is -2.09. The molecule has 0 saturated heterocycles. The molecule has 30 heavy (non-hydrogen) atoms. The zero-order valence-electron chi connectivity index (χ0n) is 16.0. The smallest absolute Gasteiger partial charge is 0.289 e. The predicted octanol–water partition coefficient (Wildman–Crippen LogP) is 3.26. The average Bonchev–Trinajstić information content (AvgIpc) is 3.25. The first kappa shape index (κ1) is 21.4. The van der Waals surface area contributed by atoms with Crippen LogP contribution in [0.2, 0.25) is 5.02 Å². The van der Waals surface area contributed by atoms with E-state index in [0.29, 0.717) is 21.5 Å². The molecule has 1 heterocycles. The van der Waals surface area contributed by atoms with Crippen LogP contribution >= 0.6 is 22.9 Å². The standard InChI is InChI=1S/C20H19ClN4O4S/c1-28-16-4-2-3-14(9-16)22-10-18(26)24-25-20(27)17-12-30-19(23-17)11-29-15-7-5-13(21)6-8-15/h2-9,12,22H,10-11H2,1H3,(H,24,26)(H,25,27). The zero-order valence-corrected chi connectivity index (χ0v) is 17.5. The van der Waals surface area contributed by atoms with E-state index in [1.54, 1.807) is 61.0 Å². The number of carbonyl (C=O) groups excluding carboxylic acids is 2. The quantitative estimate of drug-likeness (QED) is 0.459. The van der Waals surface area contributed by atoms with Gasteiger partial charge in [-0.1, -0.05) is 17.7 Å². The number of benzene rings is 2. The highest BCUT2D eigenvalue weighted by Crippen LogP contribution is 2.18. The summed E-state index contributed by atoms with van der Waals surface area (Å²) in [6.07, 6.45) is 0. The van der Waals surface area contributed by atoms with Crippen molar-refractivity contribution >= 4 is 40.4 Å². The highest BCUT2D eigenvalue weighted by atomic mass is 35.5. The summed E-state index contributed by atoms with van der Waals surface area (Å²) in [5.41, 5.74) is 5.59. The van der Waals surface area contributed by atoms with E-state index in [1.165, 1.54) is 11.3 Å². The van der Waals surface area contributed by atoms with Gasteiger partial charge in [0.2, 0.25) is 0 Å². The van der Waals surface area contributed by atoms with E-state index in [1.807, 2.05) is 0 Å². The summed E-state index contributed by atoms with van der Waals surface area (Å²) in [7, 11) is 1.56. The SMILES string of the molecule is COc1cccc(NCC(=O)NNC(=O)c2csc(COc3ccc(Cl)cc3)n2)c1. The molecule has 0 aliphatic rings. The van der Waals surface area contributed by atoms with Crippen molar-refractivity contribution in [2.45, 2.75) is 6.61 Å². The average molecular weight is 447 g/mol. The number of hydrazine groups is 1. The molecule has 3 N–H and O–H groups in total. The summed E-state index contributed by atoms with van der Waals surface area (Å²) in [6.45, 7) is 0.196. The number of thiazole rings is 1. The first-order valence-electron chi connectivity index (χ1n) is 8.83. The molecule has 0 aliphatic heterocycles. The van der Waals surface area contributed by atoms with E-state index in [2.05, 4.69) is 21.2 Å². The second kappa shape index (κ2) is 10.5. The van der Waals surface area contributed by atoms with Crippen LogP contribution in [0, 0.1) is 0 Å². The molecule has 1 aromatic heterocycles. The van der Waals surface area contributed by atoms with Gasteiger partial charge in [0, 0.05) is 22.2 Å². The molecule has 0 saturated carbocycles. The minimum absolute atomic E-state index is 0.0231. The Morgan fingerprint density at radius 1 is 1.10 bits per heavy atom. The van der Waals surface area contributed by atoms with E-state index in [0.717, 1.165) is 5.69 Å². The number of methoxy groups -OCH3 is 1. The van der Waals surface area contributed by atoms with Crippen LogP contribution in [-0.2, 0) is 11.4 Å². The Kier molecular flexibility index (Phi) is 7.47. The van der Waals surface area contributed by atoms with Crippen LogP contribution in [0.25, 0.3) is 0 Å². The maximum absolute atomic E-state index is 12.2. The Morgan fingerprint density at radius 3 is 2.67 bits per heavy atom. The van der Waals surface area contributed by atoms with Crippen molar-refractivity contribution < 1.29 is 19.1 Å². The maximum Gasteiger partial charge on any atom is 0.289 e. The Labute approximate surface area is 182 Å². The molecular weight excluding hydrogens is 428 g/mol. The molecule has 156 valence electrons. The van der Waals surface area contributed by atoms with E-state index < -0.39 is 11.8 Å². The van der Waals surface area contributed by atoms with Crippen LogP contribution in [0.3, 0.4) is 0 Å².